The van der Waals surface area contributed by atoms with Crippen LogP contribution in [0.5, 0.6) is 0 Å². The highest BCUT2D eigenvalue weighted by Gasteiger charge is 2.17. The van der Waals surface area contributed by atoms with Gasteiger partial charge in [0.15, 0.2) is 0 Å². The molecule has 2 rings (SSSR count). The molecule has 1 amide bonds. The molecule has 2 aromatic rings. The first-order valence-electron chi connectivity index (χ1n) is 6.45. The number of hydrogen-bond acceptors (Lipinski definition) is 2. The molecular weight excluding hydrogens is 316 g/mol. The van der Waals surface area contributed by atoms with Crippen LogP contribution in [0.4, 0.5) is 11.4 Å². The Morgan fingerprint density at radius 1 is 1.20 bits per heavy atom. The summed E-state index contributed by atoms with van der Waals surface area (Å²) in [5.74, 6) is -0.0894. The van der Waals surface area contributed by atoms with Crippen molar-refractivity contribution in [1.82, 2.24) is 0 Å². The van der Waals surface area contributed by atoms with Gasteiger partial charge in [0, 0.05) is 18.4 Å². The Labute approximate surface area is 127 Å². The van der Waals surface area contributed by atoms with E-state index >= 15 is 0 Å². The van der Waals surface area contributed by atoms with Gasteiger partial charge in [-0.2, -0.15) is 0 Å². The zero-order valence-corrected chi connectivity index (χ0v) is 13.1. The first kappa shape index (κ1) is 14.6. The molecule has 0 atom stereocenters. The molecule has 0 saturated heterocycles. The normalized spacial score (nSPS) is 10.3. The maximum absolute atomic E-state index is 12.5. The molecule has 0 spiro atoms. The largest absolute Gasteiger partial charge is 0.398 e. The van der Waals surface area contributed by atoms with Crippen molar-refractivity contribution in [2.75, 3.05) is 17.7 Å². The summed E-state index contributed by atoms with van der Waals surface area (Å²) in [7, 11) is 1.76. The van der Waals surface area contributed by atoms with Gasteiger partial charge in [-0.05, 0) is 52.2 Å². The van der Waals surface area contributed by atoms with Crippen LogP contribution in [0.15, 0.2) is 46.9 Å². The van der Waals surface area contributed by atoms with Gasteiger partial charge in [-0.1, -0.05) is 25.1 Å². The molecule has 0 aliphatic heterocycles. The lowest BCUT2D eigenvalue weighted by molar-refractivity contribution is 0.0992. The third kappa shape index (κ3) is 2.85. The fraction of sp³-hybridized carbons (Fsp3) is 0.188. The highest BCUT2D eigenvalue weighted by atomic mass is 79.9. The number of carbonyl (C=O) groups is 1. The number of nitrogen functional groups attached to an aromatic ring is 1. The van der Waals surface area contributed by atoms with Gasteiger partial charge in [0.25, 0.3) is 5.91 Å². The Morgan fingerprint density at radius 2 is 1.85 bits per heavy atom. The smallest absolute Gasteiger partial charge is 0.259 e. The number of hydrogen-bond donors (Lipinski definition) is 1. The summed E-state index contributed by atoms with van der Waals surface area (Å²) in [5.41, 5.74) is 9.05. The summed E-state index contributed by atoms with van der Waals surface area (Å²) in [4.78, 5) is 14.1. The summed E-state index contributed by atoms with van der Waals surface area (Å²) in [5, 5.41) is 0. The lowest BCUT2D eigenvalue weighted by Gasteiger charge is -2.19. The third-order valence-electron chi connectivity index (χ3n) is 3.30. The van der Waals surface area contributed by atoms with E-state index in [0.717, 1.165) is 12.1 Å². The summed E-state index contributed by atoms with van der Waals surface area (Å²) in [6, 6.07) is 13.3. The molecule has 0 radical (unpaired) electrons. The van der Waals surface area contributed by atoms with Crippen molar-refractivity contribution in [3.05, 3.63) is 58.1 Å². The van der Waals surface area contributed by atoms with E-state index in [9.17, 15) is 4.79 Å². The summed E-state index contributed by atoms with van der Waals surface area (Å²) < 4.78 is 0.641. The van der Waals surface area contributed by atoms with Crippen molar-refractivity contribution < 1.29 is 4.79 Å². The number of aryl methyl sites for hydroxylation is 1. The number of halogens is 1. The molecule has 0 aliphatic rings. The molecule has 0 aliphatic carbocycles. The van der Waals surface area contributed by atoms with E-state index in [1.807, 2.05) is 24.3 Å². The molecule has 4 heteroatoms. The van der Waals surface area contributed by atoms with E-state index in [4.69, 9.17) is 5.73 Å². The van der Waals surface area contributed by atoms with Crippen LogP contribution in [-0.4, -0.2) is 13.0 Å². The summed E-state index contributed by atoms with van der Waals surface area (Å²) >= 11 is 3.37. The van der Waals surface area contributed by atoms with Gasteiger partial charge in [0.05, 0.1) is 10.0 Å². The van der Waals surface area contributed by atoms with Crippen molar-refractivity contribution in [3.8, 4) is 0 Å². The number of nitrogens with zero attached hydrogens (tertiary/aromatic N) is 1. The Hall–Kier alpha value is -1.81. The predicted octanol–water partition coefficient (Wildman–Crippen LogP) is 3.87. The molecule has 2 N–H and O–H groups in total. The van der Waals surface area contributed by atoms with E-state index in [2.05, 4.69) is 22.9 Å². The number of carbonyl (C=O) groups excluding carboxylic acids is 1. The molecule has 0 unspecified atom stereocenters. The van der Waals surface area contributed by atoms with Crippen molar-refractivity contribution in [2.24, 2.45) is 0 Å². The Morgan fingerprint density at radius 3 is 2.45 bits per heavy atom. The molecule has 0 heterocycles. The highest BCUT2D eigenvalue weighted by Crippen LogP contribution is 2.26. The average Bonchev–Trinajstić information content (AvgIpc) is 2.48. The van der Waals surface area contributed by atoms with Crippen LogP contribution in [0.3, 0.4) is 0 Å². The minimum atomic E-state index is -0.0894. The van der Waals surface area contributed by atoms with Gasteiger partial charge in [-0.3, -0.25) is 4.79 Å². The van der Waals surface area contributed by atoms with Gasteiger partial charge >= 0.3 is 0 Å². The van der Waals surface area contributed by atoms with Gasteiger partial charge in [-0.25, -0.2) is 0 Å². The number of amides is 1. The van der Waals surface area contributed by atoms with Crippen molar-refractivity contribution in [3.63, 3.8) is 0 Å². The fourth-order valence-corrected chi connectivity index (χ4v) is 2.40. The quantitative estimate of drug-likeness (QED) is 0.867. The van der Waals surface area contributed by atoms with Gasteiger partial charge in [0.1, 0.15) is 0 Å². The van der Waals surface area contributed by atoms with Gasteiger partial charge in [0.2, 0.25) is 0 Å². The van der Waals surface area contributed by atoms with Crippen molar-refractivity contribution in [2.45, 2.75) is 13.3 Å². The Kier molecular flexibility index (Phi) is 4.45. The van der Waals surface area contributed by atoms with Crippen molar-refractivity contribution in [1.29, 1.82) is 0 Å². The molecule has 0 bridgehead atoms. The molecule has 0 saturated carbocycles. The lowest BCUT2D eigenvalue weighted by Crippen LogP contribution is -2.26. The SMILES string of the molecule is CCc1ccc(N(C)C(=O)c2cccc(N)c2Br)cc1. The minimum absolute atomic E-state index is 0.0894. The lowest BCUT2D eigenvalue weighted by atomic mass is 10.1. The van der Waals surface area contributed by atoms with E-state index < -0.39 is 0 Å². The molecule has 104 valence electrons. The molecular formula is C16H17BrN2O. The number of anilines is 2. The van der Waals surface area contributed by atoms with Crippen LogP contribution < -0.4 is 10.6 Å². The van der Waals surface area contributed by atoms with Gasteiger partial charge in [-0.15, -0.1) is 0 Å². The first-order valence-corrected chi connectivity index (χ1v) is 7.25. The minimum Gasteiger partial charge on any atom is -0.398 e. The number of nitrogens with two attached hydrogens (primary N) is 1. The number of benzene rings is 2. The van der Waals surface area contributed by atoms with Crippen LogP contribution >= 0.6 is 15.9 Å². The Balaban J connectivity index is 2.29. The van der Waals surface area contributed by atoms with Crippen LogP contribution in [0.1, 0.15) is 22.8 Å². The standard InChI is InChI=1S/C16H17BrN2O/c1-3-11-7-9-12(10-8-11)19(2)16(20)13-5-4-6-14(18)15(13)17/h4-10H,3,18H2,1-2H3. The van der Waals surface area contributed by atoms with E-state index in [-0.39, 0.29) is 5.91 Å². The average molecular weight is 333 g/mol. The van der Waals surface area contributed by atoms with Crippen LogP contribution in [0, 0.1) is 0 Å². The molecule has 0 aromatic heterocycles. The molecule has 3 nitrogen and oxygen atoms in total. The van der Waals surface area contributed by atoms with Gasteiger partial charge < -0.3 is 10.6 Å². The van der Waals surface area contributed by atoms with Crippen LogP contribution in [-0.2, 0) is 6.42 Å². The fourth-order valence-electron chi connectivity index (χ4n) is 1.97. The molecule has 20 heavy (non-hydrogen) atoms. The highest BCUT2D eigenvalue weighted by molar-refractivity contribution is 9.10. The topological polar surface area (TPSA) is 46.3 Å². The van der Waals surface area contributed by atoms with E-state index in [1.54, 1.807) is 30.1 Å². The maximum atomic E-state index is 12.5. The zero-order valence-electron chi connectivity index (χ0n) is 11.6. The van der Waals surface area contributed by atoms with Crippen molar-refractivity contribution >= 4 is 33.2 Å². The monoisotopic (exact) mass is 332 g/mol. The van der Waals surface area contributed by atoms with Crippen LogP contribution in [0.2, 0.25) is 0 Å². The number of rotatable bonds is 3. The second-order valence-electron chi connectivity index (χ2n) is 4.59. The summed E-state index contributed by atoms with van der Waals surface area (Å²) in [6.45, 7) is 2.10. The second-order valence-corrected chi connectivity index (χ2v) is 5.39. The predicted molar refractivity (Wildman–Crippen MR) is 87.1 cm³/mol. The van der Waals surface area contributed by atoms with Crippen LogP contribution in [0.25, 0.3) is 0 Å². The summed E-state index contributed by atoms with van der Waals surface area (Å²) in [6.07, 6.45) is 0.985. The second kappa shape index (κ2) is 6.09. The van der Waals surface area contributed by atoms with E-state index in [0.29, 0.717) is 15.7 Å². The Bertz CT molecular complexity index is 623. The third-order valence-corrected chi connectivity index (χ3v) is 4.18. The molecule has 2 aromatic carbocycles. The molecule has 0 fully saturated rings. The zero-order chi connectivity index (χ0) is 14.7. The first-order chi connectivity index (χ1) is 9.54. The maximum Gasteiger partial charge on any atom is 0.259 e. The van der Waals surface area contributed by atoms with E-state index in [1.165, 1.54) is 5.56 Å².